The van der Waals surface area contributed by atoms with Crippen LogP contribution in [0, 0.1) is 12.7 Å². The Kier molecular flexibility index (Phi) is 16.3. The van der Waals surface area contributed by atoms with E-state index >= 15 is 0 Å². The highest BCUT2D eigenvalue weighted by molar-refractivity contribution is 6.04. The number of imide groups is 1. The molecule has 3 heterocycles. The summed E-state index contributed by atoms with van der Waals surface area (Å²) in [6, 6.07) is 2.93. The maximum atomic E-state index is 13.5. The van der Waals surface area contributed by atoms with E-state index in [9.17, 15) is 27.6 Å². The number of aliphatic imine (C=N–C) groups is 1. The van der Waals surface area contributed by atoms with Crippen molar-refractivity contribution in [3.05, 3.63) is 59.8 Å². The lowest BCUT2D eigenvalue weighted by molar-refractivity contribution is -0.120. The summed E-state index contributed by atoms with van der Waals surface area (Å²) in [6.45, 7) is 10.7. The van der Waals surface area contributed by atoms with Crippen LogP contribution < -0.4 is 21.1 Å². The molecule has 15 heteroatoms. The van der Waals surface area contributed by atoms with Crippen molar-refractivity contribution in [2.24, 2.45) is 10.7 Å². The molecule has 4 rings (SSSR count). The maximum absolute atomic E-state index is 13.5. The highest BCUT2D eigenvalue weighted by Crippen LogP contribution is 2.31. The van der Waals surface area contributed by atoms with Crippen molar-refractivity contribution >= 4 is 29.7 Å². The summed E-state index contributed by atoms with van der Waals surface area (Å²) in [7, 11) is 2.90. The Bertz CT molecular complexity index is 1230. The molecule has 1 saturated heterocycles. The fourth-order valence-corrected chi connectivity index (χ4v) is 3.52. The first-order chi connectivity index (χ1) is 20.5. The number of hydrogen-bond acceptors (Lipinski definition) is 9. The number of fused-ring (bicyclic) bond motifs is 1. The summed E-state index contributed by atoms with van der Waals surface area (Å²) in [5, 5.41) is 4.48. The van der Waals surface area contributed by atoms with Gasteiger partial charge in [0, 0.05) is 26.0 Å². The van der Waals surface area contributed by atoms with E-state index in [1.807, 2.05) is 0 Å². The van der Waals surface area contributed by atoms with Crippen LogP contribution in [0.3, 0.4) is 0 Å². The molecule has 238 valence electrons. The van der Waals surface area contributed by atoms with Crippen LogP contribution in [0.25, 0.3) is 0 Å². The van der Waals surface area contributed by atoms with Gasteiger partial charge in [-0.15, -0.1) is 13.2 Å². The molecule has 12 nitrogen and oxygen atoms in total. The predicted molar refractivity (Wildman–Crippen MR) is 153 cm³/mol. The highest BCUT2D eigenvalue weighted by atomic mass is 19.2. The number of methoxy groups -OCH3 is 2. The highest BCUT2D eigenvalue weighted by Gasteiger charge is 2.34. The van der Waals surface area contributed by atoms with E-state index in [0.717, 1.165) is 32.2 Å². The summed E-state index contributed by atoms with van der Waals surface area (Å²) in [4.78, 5) is 37.4. The number of carbonyl (C=O) groups is 3. The van der Waals surface area contributed by atoms with Crippen molar-refractivity contribution in [3.8, 4) is 5.75 Å². The van der Waals surface area contributed by atoms with Crippen LogP contribution in [0.5, 0.6) is 5.75 Å². The van der Waals surface area contributed by atoms with Gasteiger partial charge < -0.3 is 29.7 Å². The van der Waals surface area contributed by atoms with E-state index in [4.69, 9.17) is 14.9 Å². The summed E-state index contributed by atoms with van der Waals surface area (Å²) >= 11 is 0. The van der Waals surface area contributed by atoms with E-state index in [1.54, 1.807) is 14.0 Å². The van der Waals surface area contributed by atoms with Crippen LogP contribution in [0.15, 0.2) is 40.8 Å². The summed E-state index contributed by atoms with van der Waals surface area (Å²) in [6.07, 6.45) is 2.02. The van der Waals surface area contributed by atoms with Crippen LogP contribution in [0.4, 0.5) is 23.7 Å². The third-order valence-electron chi connectivity index (χ3n) is 5.49. The average molecular weight is 614 g/mol. The summed E-state index contributed by atoms with van der Waals surface area (Å²) in [5.41, 5.74) is 5.80. The Balaban J connectivity index is 0.000000330. The molecule has 2 atom stereocenters. The minimum absolute atomic E-state index is 0.0206. The van der Waals surface area contributed by atoms with Gasteiger partial charge in [0.2, 0.25) is 0 Å². The van der Waals surface area contributed by atoms with Crippen molar-refractivity contribution in [1.29, 1.82) is 0 Å². The first-order valence-electron chi connectivity index (χ1n) is 13.0. The number of alkyl halides is 1. The predicted octanol–water partition coefficient (Wildman–Crippen LogP) is 4.35. The van der Waals surface area contributed by atoms with Gasteiger partial charge in [-0.05, 0) is 44.9 Å². The lowest BCUT2D eigenvalue weighted by Gasteiger charge is -2.03. The number of carbonyl (C=O) groups excluding carboxylic acids is 3. The van der Waals surface area contributed by atoms with E-state index in [0.29, 0.717) is 23.8 Å². The zero-order valence-electron chi connectivity index (χ0n) is 24.6. The van der Waals surface area contributed by atoms with Crippen molar-refractivity contribution in [3.63, 3.8) is 0 Å². The minimum atomic E-state index is -1.17. The number of rotatable bonds is 10. The molecule has 0 bridgehead atoms. The Morgan fingerprint density at radius 3 is 2.51 bits per heavy atom. The topological polar surface area (TPSA) is 158 Å². The lowest BCUT2D eigenvalue weighted by Crippen LogP contribution is -2.22. The molecule has 0 saturated carbocycles. The van der Waals surface area contributed by atoms with E-state index in [2.05, 4.69) is 38.3 Å². The number of furan rings is 1. The molecule has 1 aromatic carbocycles. The standard InChI is InChI=1S/C11H12FN3O3.C9H7F2NO2.C6H15NO2.C2H4/c1-5(12)4-13-7-3-8(18-6(7)2)9-10(16)15-11(17)14-9;1-14-6-3-2-5-4-12(11)9(13)7(5)8(6)10;1-8-6-9-5-3-2-4-7;1-2/h3-5,9H,1-2H3,(H2,14,15,16,17);2-3H,4H2,1H3;2-7H2,1H3;1-2H2. The number of amides is 4. The zero-order valence-corrected chi connectivity index (χ0v) is 24.6. The molecule has 1 aromatic heterocycles. The molecule has 4 N–H and O–H groups in total. The fraction of sp³-hybridized carbons (Fsp3) is 0.429. The van der Waals surface area contributed by atoms with E-state index < -0.39 is 35.9 Å². The molecule has 2 unspecified atom stereocenters. The van der Waals surface area contributed by atoms with E-state index in [-0.39, 0.29) is 28.7 Å². The first-order valence-corrected chi connectivity index (χ1v) is 13.0. The number of unbranched alkanes of at least 4 members (excludes halogenated alkanes) is 1. The molecule has 0 aliphatic carbocycles. The van der Waals surface area contributed by atoms with Crippen molar-refractivity contribution in [2.75, 3.05) is 34.2 Å². The Hall–Kier alpha value is -4.21. The van der Waals surface area contributed by atoms with Crippen LogP contribution in [0.2, 0.25) is 0 Å². The van der Waals surface area contributed by atoms with Crippen LogP contribution >= 0.6 is 0 Å². The number of aryl methyl sites for hydroxylation is 1. The monoisotopic (exact) mass is 613 g/mol. The van der Waals surface area contributed by atoms with Crippen LogP contribution in [0.1, 0.15) is 53.2 Å². The summed E-state index contributed by atoms with van der Waals surface area (Å²) < 4.78 is 58.6. The molecule has 2 aromatic rings. The number of ether oxygens (including phenoxy) is 3. The Labute approximate surface area is 248 Å². The molecule has 2 aliphatic rings. The number of benzene rings is 1. The Morgan fingerprint density at radius 2 is 1.95 bits per heavy atom. The second-order valence-electron chi connectivity index (χ2n) is 8.69. The number of hydrogen-bond donors (Lipinski definition) is 3. The molecule has 0 spiro atoms. The second kappa shape index (κ2) is 19.1. The van der Waals surface area contributed by atoms with Gasteiger partial charge in [0.05, 0.1) is 19.2 Å². The molecule has 1 fully saturated rings. The lowest BCUT2D eigenvalue weighted by atomic mass is 10.1. The Morgan fingerprint density at radius 1 is 1.26 bits per heavy atom. The summed E-state index contributed by atoms with van der Waals surface area (Å²) in [5.74, 6) is -1.55. The number of nitrogens with two attached hydrogens (primary N) is 1. The average Bonchev–Trinajstić information content (AvgIpc) is 3.62. The smallest absolute Gasteiger partial charge is 0.322 e. The van der Waals surface area contributed by atoms with Gasteiger partial charge in [-0.2, -0.15) is 5.12 Å². The second-order valence-corrected chi connectivity index (χ2v) is 8.69. The van der Waals surface area contributed by atoms with Gasteiger partial charge in [0.15, 0.2) is 17.6 Å². The van der Waals surface area contributed by atoms with Crippen molar-refractivity contribution in [1.82, 2.24) is 15.8 Å². The number of halogens is 3. The van der Waals surface area contributed by atoms with Gasteiger partial charge in [-0.25, -0.2) is 13.6 Å². The van der Waals surface area contributed by atoms with Crippen LogP contribution in [-0.2, 0) is 20.8 Å². The van der Waals surface area contributed by atoms with Crippen LogP contribution in [-0.4, -0.2) is 69.5 Å². The number of urea groups is 1. The van der Waals surface area contributed by atoms with Gasteiger partial charge >= 0.3 is 6.03 Å². The molecular weight excluding hydrogens is 575 g/mol. The molecular formula is C28H38F3N5O7. The minimum Gasteiger partial charge on any atom is -0.494 e. The van der Waals surface area contributed by atoms with Crippen molar-refractivity contribution in [2.45, 2.75) is 45.4 Å². The maximum Gasteiger partial charge on any atom is 0.322 e. The molecule has 43 heavy (non-hydrogen) atoms. The number of nitrogens with one attached hydrogen (secondary N) is 2. The number of nitrogens with zero attached hydrogens (tertiary/aromatic N) is 2. The normalized spacial score (nSPS) is 15.8. The molecule has 4 amide bonds. The first kappa shape index (κ1) is 36.8. The quantitative estimate of drug-likeness (QED) is 0.0891. The molecule has 2 aliphatic heterocycles. The third kappa shape index (κ3) is 11.2. The fourth-order valence-electron chi connectivity index (χ4n) is 3.52. The van der Waals surface area contributed by atoms with E-state index in [1.165, 1.54) is 32.2 Å². The van der Waals surface area contributed by atoms with Gasteiger partial charge in [0.1, 0.15) is 30.2 Å². The van der Waals surface area contributed by atoms with Gasteiger partial charge in [-0.3, -0.25) is 19.9 Å². The third-order valence-corrected chi connectivity index (χ3v) is 5.49. The zero-order chi connectivity index (χ0) is 32.5. The molecule has 0 radical (unpaired) electrons. The van der Waals surface area contributed by atoms with Gasteiger partial charge in [-0.1, -0.05) is 10.5 Å². The van der Waals surface area contributed by atoms with Crippen molar-refractivity contribution < 1.29 is 46.3 Å². The van der Waals surface area contributed by atoms with Gasteiger partial charge in [0.25, 0.3) is 11.8 Å². The SMILES string of the molecule is C=C.COCOCCCCN.COc1ccc2c(c1F)C(=O)N(F)C2.Cc1oc(C2NC(=O)NC2=O)cc1N=CC(C)F. The largest absolute Gasteiger partial charge is 0.494 e.